The van der Waals surface area contributed by atoms with Gasteiger partial charge in [-0.25, -0.2) is 4.98 Å². The second-order valence-electron chi connectivity index (χ2n) is 7.39. The maximum absolute atomic E-state index is 12.5. The van der Waals surface area contributed by atoms with Crippen LogP contribution in [0.25, 0.3) is 10.9 Å². The lowest BCUT2D eigenvalue weighted by atomic mass is 10.2. The molecule has 2 amide bonds. The Hall–Kier alpha value is -3.01. The fourth-order valence-corrected chi connectivity index (χ4v) is 3.48. The number of primary amides is 1. The van der Waals surface area contributed by atoms with E-state index in [0.717, 1.165) is 0 Å². The van der Waals surface area contributed by atoms with Gasteiger partial charge >= 0.3 is 0 Å². The highest BCUT2D eigenvalue weighted by molar-refractivity contribution is 6.29. The Balaban J connectivity index is 1.69. The highest BCUT2D eigenvalue weighted by Gasteiger charge is 2.24. The van der Waals surface area contributed by atoms with Crippen LogP contribution in [0.2, 0.25) is 5.15 Å². The number of carbonyl (C=O) groups is 2. The third-order valence-corrected chi connectivity index (χ3v) is 5.05. The molecule has 164 valence electrons. The molecule has 9 nitrogen and oxygen atoms in total. The Kier molecular flexibility index (Phi) is 7.21. The normalized spacial score (nSPS) is 12.5. The Labute approximate surface area is 184 Å². The van der Waals surface area contributed by atoms with Crippen LogP contribution >= 0.6 is 11.6 Å². The summed E-state index contributed by atoms with van der Waals surface area (Å²) in [6, 6.07) is 12.2. The molecule has 0 fully saturated rings. The van der Waals surface area contributed by atoms with Crippen molar-refractivity contribution >= 4 is 34.3 Å². The number of rotatable bonds is 9. The molecule has 4 N–H and O–H groups in total. The van der Waals surface area contributed by atoms with Gasteiger partial charge in [0.2, 0.25) is 5.91 Å². The summed E-state index contributed by atoms with van der Waals surface area (Å²) in [6.07, 6.45) is -1.01. The molecule has 1 unspecified atom stereocenters. The van der Waals surface area contributed by atoms with Crippen molar-refractivity contribution in [2.24, 2.45) is 5.73 Å². The molecule has 2 heterocycles. The first-order valence-electron chi connectivity index (χ1n) is 9.83. The van der Waals surface area contributed by atoms with Gasteiger partial charge < -0.3 is 16.2 Å². The Morgan fingerprint density at radius 3 is 2.65 bits per heavy atom. The molecule has 0 bridgehead atoms. The van der Waals surface area contributed by atoms with Crippen molar-refractivity contribution < 1.29 is 14.7 Å². The fourth-order valence-electron chi connectivity index (χ4n) is 3.30. The van der Waals surface area contributed by atoms with Crippen LogP contribution in [0, 0.1) is 0 Å². The van der Waals surface area contributed by atoms with Crippen LogP contribution in [-0.4, -0.2) is 55.4 Å². The van der Waals surface area contributed by atoms with Crippen molar-refractivity contribution in [1.82, 2.24) is 25.0 Å². The zero-order valence-electron chi connectivity index (χ0n) is 17.3. The van der Waals surface area contributed by atoms with E-state index < -0.39 is 12.1 Å². The van der Waals surface area contributed by atoms with E-state index in [1.54, 1.807) is 41.3 Å². The second-order valence-corrected chi connectivity index (χ2v) is 7.77. The van der Waals surface area contributed by atoms with Crippen molar-refractivity contribution in [3.8, 4) is 0 Å². The van der Waals surface area contributed by atoms with Crippen molar-refractivity contribution in [2.45, 2.75) is 39.2 Å². The molecule has 0 spiro atoms. The van der Waals surface area contributed by atoms with E-state index in [4.69, 9.17) is 17.3 Å². The lowest BCUT2D eigenvalue weighted by molar-refractivity contribution is -0.127. The van der Waals surface area contributed by atoms with Gasteiger partial charge in [-0.3, -0.25) is 19.2 Å². The average Bonchev–Trinajstić information content (AvgIpc) is 3.09. The summed E-state index contributed by atoms with van der Waals surface area (Å²) >= 11 is 5.87. The number of aliphatic hydroxyl groups is 1. The number of fused-ring (bicyclic) bond motifs is 1. The number of aromatic nitrogens is 3. The van der Waals surface area contributed by atoms with E-state index in [2.05, 4.69) is 15.4 Å². The van der Waals surface area contributed by atoms with E-state index in [0.29, 0.717) is 21.7 Å². The zero-order chi connectivity index (χ0) is 22.5. The van der Waals surface area contributed by atoms with E-state index in [-0.39, 0.29) is 37.3 Å². The second kappa shape index (κ2) is 9.86. The van der Waals surface area contributed by atoms with Crippen LogP contribution in [0.5, 0.6) is 0 Å². The number of nitrogens with zero attached hydrogens (tertiary/aromatic N) is 4. The number of hydrogen-bond acceptors (Lipinski definition) is 6. The van der Waals surface area contributed by atoms with Crippen LogP contribution in [0.15, 0.2) is 42.5 Å². The molecular weight excluding hydrogens is 420 g/mol. The molecular formula is C21H25ClN6O3. The van der Waals surface area contributed by atoms with Gasteiger partial charge in [-0.1, -0.05) is 35.9 Å². The zero-order valence-corrected chi connectivity index (χ0v) is 18.1. The van der Waals surface area contributed by atoms with E-state index in [1.165, 1.54) is 4.68 Å². The molecule has 0 radical (unpaired) electrons. The van der Waals surface area contributed by atoms with Crippen LogP contribution < -0.4 is 11.1 Å². The SMILES string of the molecule is CC(C)N(CC(=O)NCc1cccc(Cl)n1)C(O)Cn1nc(C(N)=O)c2ccccc21. The maximum atomic E-state index is 12.5. The highest BCUT2D eigenvalue weighted by Crippen LogP contribution is 2.19. The summed E-state index contributed by atoms with van der Waals surface area (Å²) in [5, 5.41) is 18.9. The molecule has 10 heteroatoms. The summed E-state index contributed by atoms with van der Waals surface area (Å²) in [5.74, 6) is -0.906. The molecule has 0 aliphatic rings. The third-order valence-electron chi connectivity index (χ3n) is 4.84. The number of pyridine rings is 1. The predicted molar refractivity (Wildman–Crippen MR) is 117 cm³/mol. The minimum absolute atomic E-state index is 0.0265. The number of nitrogens with two attached hydrogens (primary N) is 1. The molecule has 1 atom stereocenters. The molecule has 0 aliphatic carbocycles. The van der Waals surface area contributed by atoms with Crippen molar-refractivity contribution in [3.05, 3.63) is 59.0 Å². The van der Waals surface area contributed by atoms with E-state index >= 15 is 0 Å². The highest BCUT2D eigenvalue weighted by atomic mass is 35.5. The van der Waals surface area contributed by atoms with Crippen LogP contribution in [0.1, 0.15) is 30.0 Å². The molecule has 3 rings (SSSR count). The Morgan fingerprint density at radius 1 is 1.23 bits per heavy atom. The van der Waals surface area contributed by atoms with Crippen molar-refractivity contribution in [2.75, 3.05) is 6.54 Å². The van der Waals surface area contributed by atoms with Crippen LogP contribution in [0.3, 0.4) is 0 Å². The molecule has 31 heavy (non-hydrogen) atoms. The van der Waals surface area contributed by atoms with Crippen molar-refractivity contribution in [1.29, 1.82) is 0 Å². The van der Waals surface area contributed by atoms with Crippen LogP contribution in [-0.2, 0) is 17.9 Å². The largest absolute Gasteiger partial charge is 0.376 e. The number of halogens is 1. The first-order chi connectivity index (χ1) is 14.8. The van der Waals surface area contributed by atoms with Gasteiger partial charge in [0.1, 0.15) is 11.4 Å². The molecule has 3 aromatic rings. The predicted octanol–water partition coefficient (Wildman–Crippen LogP) is 1.53. The number of hydrogen-bond donors (Lipinski definition) is 3. The Morgan fingerprint density at radius 2 is 1.97 bits per heavy atom. The van der Waals surface area contributed by atoms with Gasteiger partial charge in [0.15, 0.2) is 5.69 Å². The summed E-state index contributed by atoms with van der Waals surface area (Å²) in [6.45, 7) is 4.03. The first-order valence-corrected chi connectivity index (χ1v) is 10.2. The number of benzene rings is 1. The number of aliphatic hydroxyl groups excluding tert-OH is 1. The van der Waals surface area contributed by atoms with E-state index in [9.17, 15) is 14.7 Å². The van der Waals surface area contributed by atoms with Gasteiger partial charge in [-0.2, -0.15) is 5.10 Å². The Bertz CT molecular complexity index is 1080. The molecule has 0 saturated heterocycles. The van der Waals surface area contributed by atoms with Crippen LogP contribution in [0.4, 0.5) is 0 Å². The smallest absolute Gasteiger partial charge is 0.269 e. The average molecular weight is 445 g/mol. The molecule has 1 aromatic carbocycles. The molecule has 2 aromatic heterocycles. The molecule has 0 saturated carbocycles. The summed E-state index contributed by atoms with van der Waals surface area (Å²) in [4.78, 5) is 30.0. The monoisotopic (exact) mass is 444 g/mol. The summed E-state index contributed by atoms with van der Waals surface area (Å²) in [7, 11) is 0. The van der Waals surface area contributed by atoms with Gasteiger partial charge in [0.05, 0.1) is 30.8 Å². The van der Waals surface area contributed by atoms with Gasteiger partial charge in [-0.05, 0) is 32.0 Å². The summed E-state index contributed by atoms with van der Waals surface area (Å²) in [5.41, 5.74) is 6.89. The molecule has 0 aliphatic heterocycles. The lowest BCUT2D eigenvalue weighted by Gasteiger charge is -2.30. The number of amides is 2. The van der Waals surface area contributed by atoms with Gasteiger partial charge in [0, 0.05) is 11.4 Å². The van der Waals surface area contributed by atoms with E-state index in [1.807, 2.05) is 19.9 Å². The van der Waals surface area contributed by atoms with Gasteiger partial charge in [-0.15, -0.1) is 0 Å². The summed E-state index contributed by atoms with van der Waals surface area (Å²) < 4.78 is 1.53. The fraction of sp³-hybridized carbons (Fsp3) is 0.333. The third kappa shape index (κ3) is 5.57. The standard InChI is InChI=1S/C21H25ClN6O3/c1-13(2)27(11-18(29)24-10-14-6-5-9-17(22)25-14)19(30)12-28-16-8-4-3-7-15(16)20(26-28)21(23)31/h3-9,13,19,30H,10-12H2,1-2H3,(H2,23,31)(H,24,29). The maximum Gasteiger partial charge on any atom is 0.269 e. The number of carbonyl (C=O) groups excluding carboxylic acids is 2. The van der Waals surface area contributed by atoms with Crippen molar-refractivity contribution in [3.63, 3.8) is 0 Å². The van der Waals surface area contributed by atoms with Gasteiger partial charge in [0.25, 0.3) is 5.91 Å². The topological polar surface area (TPSA) is 126 Å². The minimum Gasteiger partial charge on any atom is -0.376 e. The lowest BCUT2D eigenvalue weighted by Crippen LogP contribution is -2.48. The number of para-hydroxylation sites is 1. The quantitative estimate of drug-likeness (QED) is 0.339. The first kappa shape index (κ1) is 22.7. The number of nitrogens with one attached hydrogen (secondary N) is 1. The minimum atomic E-state index is -1.01.